The van der Waals surface area contributed by atoms with Crippen LogP contribution < -0.4 is 4.74 Å². The van der Waals surface area contributed by atoms with Crippen molar-refractivity contribution < 1.29 is 14.3 Å². The SMILES string of the molecule is COC(=O)c1ncc2cccnc2c1OC(C)C. The van der Waals surface area contributed by atoms with Gasteiger partial charge in [0.25, 0.3) is 0 Å². The van der Waals surface area contributed by atoms with Gasteiger partial charge in [-0.25, -0.2) is 9.78 Å². The topological polar surface area (TPSA) is 61.3 Å². The summed E-state index contributed by atoms with van der Waals surface area (Å²) in [6, 6.07) is 3.67. The third kappa shape index (κ3) is 2.25. The van der Waals surface area contributed by atoms with Crippen molar-refractivity contribution >= 4 is 16.9 Å². The van der Waals surface area contributed by atoms with Gasteiger partial charge in [-0.05, 0) is 26.0 Å². The Kier molecular flexibility index (Phi) is 3.41. The van der Waals surface area contributed by atoms with Crippen molar-refractivity contribution in [1.82, 2.24) is 9.97 Å². The molecule has 94 valence electrons. The Morgan fingerprint density at radius 3 is 2.78 bits per heavy atom. The van der Waals surface area contributed by atoms with Crippen molar-refractivity contribution in [2.75, 3.05) is 7.11 Å². The maximum atomic E-state index is 11.7. The van der Waals surface area contributed by atoms with Crippen molar-refractivity contribution in [2.24, 2.45) is 0 Å². The largest absolute Gasteiger partial charge is 0.486 e. The number of hydrogen-bond donors (Lipinski definition) is 0. The van der Waals surface area contributed by atoms with Crippen LogP contribution in [0.3, 0.4) is 0 Å². The third-order valence-electron chi connectivity index (χ3n) is 2.33. The first-order valence-electron chi connectivity index (χ1n) is 5.62. The monoisotopic (exact) mass is 246 g/mol. The van der Waals surface area contributed by atoms with Crippen LogP contribution in [-0.4, -0.2) is 29.2 Å². The molecule has 0 aliphatic carbocycles. The van der Waals surface area contributed by atoms with Gasteiger partial charge in [0.15, 0.2) is 11.4 Å². The van der Waals surface area contributed by atoms with E-state index in [0.717, 1.165) is 5.39 Å². The molecule has 0 aromatic carbocycles. The number of fused-ring (bicyclic) bond motifs is 1. The molecule has 0 atom stereocenters. The number of methoxy groups -OCH3 is 1. The molecule has 5 heteroatoms. The average molecular weight is 246 g/mol. The van der Waals surface area contributed by atoms with Gasteiger partial charge in [0.05, 0.1) is 13.2 Å². The molecular weight excluding hydrogens is 232 g/mol. The van der Waals surface area contributed by atoms with Crippen LogP contribution >= 0.6 is 0 Å². The molecule has 0 aliphatic rings. The summed E-state index contributed by atoms with van der Waals surface area (Å²) in [4.78, 5) is 20.0. The Bertz CT molecular complexity index is 581. The second kappa shape index (κ2) is 5.00. The minimum atomic E-state index is -0.529. The molecule has 2 rings (SSSR count). The predicted molar refractivity (Wildman–Crippen MR) is 66.6 cm³/mol. The Hall–Kier alpha value is -2.17. The smallest absolute Gasteiger partial charge is 0.360 e. The molecule has 2 aromatic rings. The van der Waals surface area contributed by atoms with E-state index in [0.29, 0.717) is 11.3 Å². The normalized spacial score (nSPS) is 10.7. The first kappa shape index (κ1) is 12.3. The summed E-state index contributed by atoms with van der Waals surface area (Å²) in [7, 11) is 1.31. The van der Waals surface area contributed by atoms with Crippen LogP contribution in [0.2, 0.25) is 0 Å². The standard InChI is InChI=1S/C13H14N2O3/c1-8(2)18-12-10-9(5-4-6-14-10)7-15-11(12)13(16)17-3/h4-8H,1-3H3. The highest BCUT2D eigenvalue weighted by Gasteiger charge is 2.19. The Morgan fingerprint density at radius 1 is 1.33 bits per heavy atom. The summed E-state index contributed by atoms with van der Waals surface area (Å²) < 4.78 is 10.4. The van der Waals surface area contributed by atoms with E-state index >= 15 is 0 Å². The lowest BCUT2D eigenvalue weighted by atomic mass is 10.2. The maximum absolute atomic E-state index is 11.7. The van der Waals surface area contributed by atoms with Crippen molar-refractivity contribution in [1.29, 1.82) is 0 Å². The van der Waals surface area contributed by atoms with Crippen molar-refractivity contribution in [3.63, 3.8) is 0 Å². The number of rotatable bonds is 3. The summed E-state index contributed by atoms with van der Waals surface area (Å²) in [5.41, 5.74) is 0.763. The predicted octanol–water partition coefficient (Wildman–Crippen LogP) is 2.20. The highest BCUT2D eigenvalue weighted by molar-refractivity contribution is 5.97. The summed E-state index contributed by atoms with van der Waals surface area (Å²) in [6.07, 6.45) is 3.15. The van der Waals surface area contributed by atoms with Crippen LogP contribution in [0.5, 0.6) is 5.75 Å². The molecule has 18 heavy (non-hydrogen) atoms. The zero-order valence-corrected chi connectivity index (χ0v) is 10.5. The van der Waals surface area contributed by atoms with Gasteiger partial charge in [0.1, 0.15) is 5.52 Å². The van der Waals surface area contributed by atoms with Gasteiger partial charge in [-0.3, -0.25) is 4.98 Å². The van der Waals surface area contributed by atoms with Gasteiger partial charge < -0.3 is 9.47 Å². The zero-order valence-electron chi connectivity index (χ0n) is 10.5. The van der Waals surface area contributed by atoms with E-state index in [4.69, 9.17) is 9.47 Å². The fourth-order valence-electron chi connectivity index (χ4n) is 1.61. The number of carbonyl (C=O) groups excluding carboxylic acids is 1. The van der Waals surface area contributed by atoms with Crippen molar-refractivity contribution in [3.8, 4) is 5.75 Å². The molecule has 0 saturated carbocycles. The fourth-order valence-corrected chi connectivity index (χ4v) is 1.61. The number of esters is 1. The molecule has 5 nitrogen and oxygen atoms in total. The average Bonchev–Trinajstić information content (AvgIpc) is 2.37. The van der Waals surface area contributed by atoms with E-state index < -0.39 is 5.97 Å². The van der Waals surface area contributed by atoms with Gasteiger partial charge in [0, 0.05) is 17.8 Å². The number of carbonyl (C=O) groups is 1. The molecule has 2 aromatic heterocycles. The van der Waals surface area contributed by atoms with E-state index in [1.54, 1.807) is 18.5 Å². The molecule has 0 amide bonds. The van der Waals surface area contributed by atoms with Crippen molar-refractivity contribution in [2.45, 2.75) is 20.0 Å². The minimum Gasteiger partial charge on any atom is -0.486 e. The quantitative estimate of drug-likeness (QED) is 0.777. The first-order valence-corrected chi connectivity index (χ1v) is 5.62. The van der Waals surface area contributed by atoms with E-state index in [1.807, 2.05) is 19.9 Å². The van der Waals surface area contributed by atoms with Crippen LogP contribution in [0.1, 0.15) is 24.3 Å². The van der Waals surface area contributed by atoms with E-state index in [-0.39, 0.29) is 11.8 Å². The lowest BCUT2D eigenvalue weighted by molar-refractivity contribution is 0.0587. The fraction of sp³-hybridized carbons (Fsp3) is 0.308. The van der Waals surface area contributed by atoms with E-state index in [2.05, 4.69) is 9.97 Å². The molecule has 0 fully saturated rings. The third-order valence-corrected chi connectivity index (χ3v) is 2.33. The van der Waals surface area contributed by atoms with Crippen LogP contribution in [0.4, 0.5) is 0 Å². The molecule has 0 unspecified atom stereocenters. The Labute approximate surface area is 105 Å². The molecule has 0 N–H and O–H groups in total. The Morgan fingerprint density at radius 2 is 2.11 bits per heavy atom. The molecular formula is C13H14N2O3. The lowest BCUT2D eigenvalue weighted by Crippen LogP contribution is -2.13. The van der Waals surface area contributed by atoms with Gasteiger partial charge in [0.2, 0.25) is 0 Å². The molecule has 0 bridgehead atoms. The van der Waals surface area contributed by atoms with Gasteiger partial charge in [-0.2, -0.15) is 0 Å². The van der Waals surface area contributed by atoms with Gasteiger partial charge in [-0.15, -0.1) is 0 Å². The summed E-state index contributed by atoms with van der Waals surface area (Å²) >= 11 is 0. The van der Waals surface area contributed by atoms with Gasteiger partial charge in [-0.1, -0.05) is 0 Å². The number of aromatic nitrogens is 2. The lowest BCUT2D eigenvalue weighted by Gasteiger charge is -2.14. The molecule has 0 radical (unpaired) electrons. The first-order chi connectivity index (χ1) is 8.63. The Balaban J connectivity index is 2.66. The second-order valence-corrected chi connectivity index (χ2v) is 4.04. The van der Waals surface area contributed by atoms with Crippen LogP contribution in [-0.2, 0) is 4.74 Å². The summed E-state index contributed by atoms with van der Waals surface area (Å²) in [5, 5.41) is 0.820. The molecule has 0 aliphatic heterocycles. The number of ether oxygens (including phenoxy) is 2. The van der Waals surface area contributed by atoms with Crippen LogP contribution in [0.25, 0.3) is 10.9 Å². The van der Waals surface area contributed by atoms with E-state index in [9.17, 15) is 4.79 Å². The second-order valence-electron chi connectivity index (χ2n) is 4.04. The minimum absolute atomic E-state index is 0.0807. The highest BCUT2D eigenvalue weighted by atomic mass is 16.5. The van der Waals surface area contributed by atoms with E-state index in [1.165, 1.54) is 7.11 Å². The molecule has 0 spiro atoms. The number of pyridine rings is 2. The number of nitrogens with zero attached hydrogens (tertiary/aromatic N) is 2. The van der Waals surface area contributed by atoms with Crippen LogP contribution in [0.15, 0.2) is 24.5 Å². The maximum Gasteiger partial charge on any atom is 0.360 e. The number of hydrogen-bond acceptors (Lipinski definition) is 5. The van der Waals surface area contributed by atoms with Gasteiger partial charge >= 0.3 is 5.97 Å². The van der Waals surface area contributed by atoms with Crippen molar-refractivity contribution in [3.05, 3.63) is 30.2 Å². The molecule has 2 heterocycles. The summed E-state index contributed by atoms with van der Waals surface area (Å²) in [5.74, 6) is -0.159. The highest BCUT2D eigenvalue weighted by Crippen LogP contribution is 2.27. The van der Waals surface area contributed by atoms with Crippen LogP contribution in [0, 0.1) is 0 Å². The summed E-state index contributed by atoms with van der Waals surface area (Å²) in [6.45, 7) is 3.76. The molecule has 0 saturated heterocycles. The zero-order chi connectivity index (χ0) is 13.1.